The second-order valence-corrected chi connectivity index (χ2v) is 9.56. The largest absolute Gasteiger partial charge is 0.367 e. The van der Waals surface area contributed by atoms with Gasteiger partial charge in [0.2, 0.25) is 0 Å². The van der Waals surface area contributed by atoms with Crippen LogP contribution in [-0.4, -0.2) is 48.5 Å². The van der Waals surface area contributed by atoms with Crippen molar-refractivity contribution in [3.63, 3.8) is 0 Å². The maximum absolute atomic E-state index is 11.8. The first-order valence-electron chi connectivity index (χ1n) is 9.56. The second-order valence-electron chi connectivity index (χ2n) is 7.33. The van der Waals surface area contributed by atoms with Gasteiger partial charge in [0.05, 0.1) is 11.5 Å². The Hall–Kier alpha value is -1.37. The van der Waals surface area contributed by atoms with Gasteiger partial charge in [0.25, 0.3) is 0 Å². The van der Waals surface area contributed by atoms with Gasteiger partial charge in [0.15, 0.2) is 9.84 Å². The van der Waals surface area contributed by atoms with Gasteiger partial charge < -0.3 is 10.2 Å². The molecule has 2 fully saturated rings. The van der Waals surface area contributed by atoms with Crippen LogP contribution in [0.3, 0.4) is 0 Å². The maximum atomic E-state index is 11.8. The van der Waals surface area contributed by atoms with E-state index in [0.717, 1.165) is 24.0 Å². The van der Waals surface area contributed by atoms with Crippen LogP contribution < -0.4 is 10.2 Å². The molecule has 0 bridgehead atoms. The number of hydrogen-bond acceptors (Lipinski definition) is 6. The zero-order chi connectivity index (χ0) is 17.9. The van der Waals surface area contributed by atoms with E-state index >= 15 is 0 Å². The maximum Gasteiger partial charge on any atom is 0.152 e. The minimum atomic E-state index is -2.91. The first-order chi connectivity index (χ1) is 12.0. The third kappa shape index (κ3) is 4.84. The molecular formula is C18H30N4O2S. The molecule has 2 aliphatic rings. The van der Waals surface area contributed by atoms with E-state index in [0.29, 0.717) is 12.5 Å². The molecule has 140 valence electrons. The molecule has 1 unspecified atom stereocenters. The van der Waals surface area contributed by atoms with Crippen LogP contribution in [0.2, 0.25) is 0 Å². The summed E-state index contributed by atoms with van der Waals surface area (Å²) in [5, 5.41) is 3.59. The summed E-state index contributed by atoms with van der Waals surface area (Å²) >= 11 is 0. The highest BCUT2D eigenvalue weighted by Gasteiger charge is 2.32. The lowest BCUT2D eigenvalue weighted by atomic mass is 10.1. The lowest BCUT2D eigenvalue weighted by molar-refractivity contribution is 0.599. The molecule has 6 nitrogen and oxygen atoms in total. The number of rotatable bonds is 5. The van der Waals surface area contributed by atoms with Gasteiger partial charge >= 0.3 is 0 Å². The molecule has 2 heterocycles. The van der Waals surface area contributed by atoms with Crippen LogP contribution >= 0.6 is 0 Å². The van der Waals surface area contributed by atoms with E-state index in [2.05, 4.69) is 27.1 Å². The average molecular weight is 367 g/mol. The van der Waals surface area contributed by atoms with E-state index < -0.39 is 9.84 Å². The standard InChI is InChI=1S/C18H30N4O2S/c1-3-22(16-10-11-25(23,24)13-16)18-12-17(19-14(2)20-18)21-15-8-6-4-5-7-9-15/h12,15-16H,3-11,13H2,1-2H3,(H,19,20,21). The molecule has 25 heavy (non-hydrogen) atoms. The number of nitrogens with zero attached hydrogens (tertiary/aromatic N) is 3. The van der Waals surface area contributed by atoms with E-state index in [4.69, 9.17) is 0 Å². The highest BCUT2D eigenvalue weighted by molar-refractivity contribution is 7.91. The SMILES string of the molecule is CCN(c1cc(NC2CCCCCC2)nc(C)n1)C1CCS(=O)(=O)C1. The van der Waals surface area contributed by atoms with E-state index in [-0.39, 0.29) is 17.5 Å². The van der Waals surface area contributed by atoms with Crippen LogP contribution in [0.4, 0.5) is 11.6 Å². The van der Waals surface area contributed by atoms with E-state index in [1.54, 1.807) is 0 Å². The summed E-state index contributed by atoms with van der Waals surface area (Å²) in [4.78, 5) is 11.3. The fourth-order valence-corrected chi connectivity index (χ4v) is 5.77. The minimum Gasteiger partial charge on any atom is -0.367 e. The van der Waals surface area contributed by atoms with Crippen molar-refractivity contribution in [2.75, 3.05) is 28.3 Å². The Morgan fingerprint density at radius 2 is 1.88 bits per heavy atom. The molecule has 1 saturated carbocycles. The first kappa shape index (κ1) is 18.4. The fourth-order valence-electron chi connectivity index (χ4n) is 4.03. The number of nitrogens with one attached hydrogen (secondary N) is 1. The molecule has 1 aliphatic heterocycles. The van der Waals surface area contributed by atoms with Gasteiger partial charge in [0.1, 0.15) is 17.5 Å². The van der Waals surface area contributed by atoms with E-state index in [1.807, 2.05) is 13.0 Å². The molecule has 0 radical (unpaired) electrons. The predicted molar refractivity (Wildman–Crippen MR) is 102 cm³/mol. The summed E-state index contributed by atoms with van der Waals surface area (Å²) < 4.78 is 23.7. The lowest BCUT2D eigenvalue weighted by Crippen LogP contribution is -2.37. The average Bonchev–Trinajstić information content (AvgIpc) is 2.74. The fraction of sp³-hybridized carbons (Fsp3) is 0.778. The molecule has 3 rings (SSSR count). The van der Waals surface area contributed by atoms with Crippen molar-refractivity contribution in [3.8, 4) is 0 Å². The number of sulfone groups is 1. The predicted octanol–water partition coefficient (Wildman–Crippen LogP) is 2.93. The Kier molecular flexibility index (Phi) is 5.81. The van der Waals surface area contributed by atoms with Crippen molar-refractivity contribution in [2.45, 2.75) is 70.9 Å². The van der Waals surface area contributed by atoms with Crippen LogP contribution in [0.25, 0.3) is 0 Å². The molecule has 1 atom stereocenters. The van der Waals surface area contributed by atoms with E-state index in [9.17, 15) is 8.42 Å². The smallest absolute Gasteiger partial charge is 0.152 e. The molecule has 0 amide bonds. The van der Waals surface area contributed by atoms with Crippen molar-refractivity contribution in [2.24, 2.45) is 0 Å². The Bertz CT molecular complexity index is 684. The normalized spacial score (nSPS) is 24.0. The lowest BCUT2D eigenvalue weighted by Gasteiger charge is -2.28. The van der Waals surface area contributed by atoms with Crippen LogP contribution in [0, 0.1) is 6.92 Å². The highest BCUT2D eigenvalue weighted by atomic mass is 32.2. The zero-order valence-corrected chi connectivity index (χ0v) is 16.2. The van der Waals surface area contributed by atoms with Gasteiger partial charge in [-0.1, -0.05) is 25.7 Å². The Morgan fingerprint density at radius 1 is 1.16 bits per heavy atom. The molecule has 1 aliphatic carbocycles. The molecule has 1 aromatic rings. The first-order valence-corrected chi connectivity index (χ1v) is 11.4. The van der Waals surface area contributed by atoms with Crippen LogP contribution in [0.15, 0.2) is 6.07 Å². The number of hydrogen-bond donors (Lipinski definition) is 1. The van der Waals surface area contributed by atoms with Gasteiger partial charge in [-0.15, -0.1) is 0 Å². The molecule has 1 saturated heterocycles. The summed E-state index contributed by atoms with van der Waals surface area (Å²) in [6.45, 7) is 4.71. The van der Waals surface area contributed by atoms with Crippen LogP contribution in [0.1, 0.15) is 57.7 Å². The van der Waals surface area contributed by atoms with Gasteiger partial charge in [-0.3, -0.25) is 0 Å². The molecule has 1 N–H and O–H groups in total. The summed E-state index contributed by atoms with van der Waals surface area (Å²) in [5.74, 6) is 2.95. The van der Waals surface area contributed by atoms with Gasteiger partial charge in [-0.05, 0) is 33.1 Å². The zero-order valence-electron chi connectivity index (χ0n) is 15.4. The number of anilines is 2. The van der Waals surface area contributed by atoms with Gasteiger partial charge in [0, 0.05) is 24.7 Å². The van der Waals surface area contributed by atoms with Crippen LogP contribution in [-0.2, 0) is 9.84 Å². The topological polar surface area (TPSA) is 75.2 Å². The summed E-state index contributed by atoms with van der Waals surface area (Å²) in [6, 6.07) is 2.49. The van der Waals surface area contributed by atoms with Crippen molar-refractivity contribution < 1.29 is 8.42 Å². The van der Waals surface area contributed by atoms with Crippen LogP contribution in [0.5, 0.6) is 0 Å². The highest BCUT2D eigenvalue weighted by Crippen LogP contribution is 2.26. The van der Waals surface area contributed by atoms with Gasteiger partial charge in [-0.2, -0.15) is 0 Å². The summed E-state index contributed by atoms with van der Waals surface area (Å²) in [7, 11) is -2.91. The quantitative estimate of drug-likeness (QED) is 0.808. The van der Waals surface area contributed by atoms with E-state index in [1.165, 1.54) is 38.5 Å². The van der Waals surface area contributed by atoms with Crippen molar-refractivity contribution in [1.82, 2.24) is 9.97 Å². The summed E-state index contributed by atoms with van der Waals surface area (Å²) in [6.07, 6.45) is 8.27. The molecule has 0 aromatic carbocycles. The Labute approximate surface area is 151 Å². The number of aryl methyl sites for hydroxylation is 1. The number of aromatic nitrogens is 2. The minimum absolute atomic E-state index is 0.0232. The molecular weight excluding hydrogens is 336 g/mol. The molecule has 0 spiro atoms. The third-order valence-corrected chi connectivity index (χ3v) is 7.07. The second kappa shape index (κ2) is 7.89. The Morgan fingerprint density at radius 3 is 2.48 bits per heavy atom. The molecule has 1 aromatic heterocycles. The van der Waals surface area contributed by atoms with Crippen molar-refractivity contribution >= 4 is 21.5 Å². The third-order valence-electron chi connectivity index (χ3n) is 5.32. The summed E-state index contributed by atoms with van der Waals surface area (Å²) in [5.41, 5.74) is 0. The van der Waals surface area contributed by atoms with Gasteiger partial charge in [-0.25, -0.2) is 18.4 Å². The monoisotopic (exact) mass is 366 g/mol. The Balaban J connectivity index is 1.77. The molecule has 7 heteroatoms. The van der Waals surface area contributed by atoms with Crippen molar-refractivity contribution in [1.29, 1.82) is 0 Å². The van der Waals surface area contributed by atoms with Crippen molar-refractivity contribution in [3.05, 3.63) is 11.9 Å².